The Morgan fingerprint density at radius 3 is 2.46 bits per heavy atom. The van der Waals surface area contributed by atoms with Crippen molar-refractivity contribution < 1.29 is 4.79 Å². The van der Waals surface area contributed by atoms with Gasteiger partial charge in [0.25, 0.3) is 0 Å². The van der Waals surface area contributed by atoms with E-state index in [1.165, 1.54) is 5.39 Å². The molecule has 0 aliphatic carbocycles. The Morgan fingerprint density at radius 2 is 1.71 bits per heavy atom. The highest BCUT2D eigenvalue weighted by Gasteiger charge is 2.18. The van der Waals surface area contributed by atoms with Crippen LogP contribution in [0.3, 0.4) is 0 Å². The lowest BCUT2D eigenvalue weighted by Gasteiger charge is -2.20. The summed E-state index contributed by atoms with van der Waals surface area (Å²) in [5.41, 5.74) is 2.68. The topological polar surface area (TPSA) is 42.0 Å². The number of hydrogen-bond acceptors (Lipinski definition) is 3. The number of hydrogen-bond donors (Lipinski definition) is 1. The molecule has 138 valence electrons. The second-order valence-electron chi connectivity index (χ2n) is 6.68. The Hall–Kier alpha value is -2.98. The third-order valence-electron chi connectivity index (χ3n) is 4.73. The van der Waals surface area contributed by atoms with E-state index in [0.717, 1.165) is 21.1 Å². The van der Waals surface area contributed by atoms with Gasteiger partial charge in [-0.2, -0.15) is 0 Å². The van der Waals surface area contributed by atoms with Crippen LogP contribution in [0.1, 0.15) is 28.4 Å². The lowest BCUT2D eigenvalue weighted by molar-refractivity contribution is 0.0976. The first-order valence-corrected chi connectivity index (χ1v) is 9.92. The first-order chi connectivity index (χ1) is 13.7. The summed E-state index contributed by atoms with van der Waals surface area (Å²) in [6, 6.07) is 25.7. The summed E-state index contributed by atoms with van der Waals surface area (Å²) in [6.07, 6.45) is 3.90. The van der Waals surface area contributed by atoms with Crippen LogP contribution in [-0.4, -0.2) is 10.8 Å². The fourth-order valence-corrected chi connectivity index (χ4v) is 3.52. The molecule has 1 aromatic heterocycles. The van der Waals surface area contributed by atoms with Gasteiger partial charge in [0.15, 0.2) is 5.78 Å². The highest BCUT2D eigenvalue weighted by Crippen LogP contribution is 2.27. The van der Waals surface area contributed by atoms with Crippen LogP contribution < -0.4 is 5.32 Å². The number of halogens is 1. The Morgan fingerprint density at radius 1 is 0.929 bits per heavy atom. The van der Waals surface area contributed by atoms with Gasteiger partial charge in [-0.15, -0.1) is 0 Å². The van der Waals surface area contributed by atoms with Gasteiger partial charge < -0.3 is 5.32 Å². The summed E-state index contributed by atoms with van der Waals surface area (Å²) in [5.74, 6) is 0.0923. The molecule has 4 heteroatoms. The largest absolute Gasteiger partial charge is 0.378 e. The smallest absolute Gasteiger partial charge is 0.165 e. The summed E-state index contributed by atoms with van der Waals surface area (Å²) in [4.78, 5) is 17.1. The van der Waals surface area contributed by atoms with Crippen LogP contribution in [-0.2, 0) is 0 Å². The van der Waals surface area contributed by atoms with Gasteiger partial charge in [-0.1, -0.05) is 64.5 Å². The number of anilines is 1. The minimum Gasteiger partial charge on any atom is -0.378 e. The molecule has 1 atom stereocenters. The van der Waals surface area contributed by atoms with Crippen molar-refractivity contribution in [2.45, 2.75) is 12.5 Å². The molecule has 0 aliphatic heterocycles. The molecule has 3 aromatic carbocycles. The SMILES string of the molecule is O=C(C[C@@H](Nc1ccc2ccccc2c1)c1cccnc1)c1ccc(Br)cc1. The highest BCUT2D eigenvalue weighted by molar-refractivity contribution is 9.10. The van der Waals surface area contributed by atoms with E-state index in [0.29, 0.717) is 12.0 Å². The number of fused-ring (bicyclic) bond motifs is 1. The van der Waals surface area contributed by atoms with Gasteiger partial charge in [0.2, 0.25) is 0 Å². The van der Waals surface area contributed by atoms with E-state index >= 15 is 0 Å². The van der Waals surface area contributed by atoms with Crippen LogP contribution in [0.25, 0.3) is 10.8 Å². The summed E-state index contributed by atoms with van der Waals surface area (Å²) >= 11 is 3.41. The first kappa shape index (κ1) is 18.4. The molecule has 0 radical (unpaired) electrons. The van der Waals surface area contributed by atoms with Gasteiger partial charge in [-0.3, -0.25) is 9.78 Å². The van der Waals surface area contributed by atoms with Crippen molar-refractivity contribution in [3.8, 4) is 0 Å². The predicted octanol–water partition coefficient (Wildman–Crippen LogP) is 6.42. The number of carbonyl (C=O) groups excluding carboxylic acids is 1. The Bertz CT molecular complexity index is 1090. The average Bonchev–Trinajstić information content (AvgIpc) is 2.74. The molecule has 0 amide bonds. The molecule has 0 saturated carbocycles. The van der Waals surface area contributed by atoms with Crippen molar-refractivity contribution in [2.24, 2.45) is 0 Å². The minimum atomic E-state index is -0.161. The normalized spacial score (nSPS) is 11.9. The fraction of sp³-hybridized carbons (Fsp3) is 0.0833. The number of nitrogens with zero attached hydrogens (tertiary/aromatic N) is 1. The lowest BCUT2D eigenvalue weighted by Crippen LogP contribution is -2.16. The highest BCUT2D eigenvalue weighted by atomic mass is 79.9. The van der Waals surface area contributed by atoms with Crippen molar-refractivity contribution in [3.05, 3.63) is 107 Å². The number of nitrogens with one attached hydrogen (secondary N) is 1. The molecule has 4 rings (SSSR count). The van der Waals surface area contributed by atoms with Crippen LogP contribution in [0.15, 0.2) is 95.7 Å². The van der Waals surface area contributed by atoms with E-state index in [4.69, 9.17) is 0 Å². The van der Waals surface area contributed by atoms with Crippen molar-refractivity contribution in [1.29, 1.82) is 0 Å². The molecule has 0 spiro atoms. The van der Waals surface area contributed by atoms with Gasteiger partial charge in [-0.05, 0) is 46.7 Å². The van der Waals surface area contributed by atoms with Crippen LogP contribution in [0.4, 0.5) is 5.69 Å². The lowest BCUT2D eigenvalue weighted by atomic mass is 9.98. The molecule has 0 bridgehead atoms. The van der Waals surface area contributed by atoms with Crippen LogP contribution in [0, 0.1) is 0 Å². The molecular weight excluding hydrogens is 412 g/mol. The van der Waals surface area contributed by atoms with Gasteiger partial charge in [0.1, 0.15) is 0 Å². The van der Waals surface area contributed by atoms with Crippen molar-refractivity contribution in [2.75, 3.05) is 5.32 Å². The number of benzene rings is 3. The first-order valence-electron chi connectivity index (χ1n) is 9.13. The van der Waals surface area contributed by atoms with E-state index < -0.39 is 0 Å². The number of carbonyl (C=O) groups is 1. The van der Waals surface area contributed by atoms with Crippen molar-refractivity contribution >= 4 is 38.2 Å². The molecule has 28 heavy (non-hydrogen) atoms. The second-order valence-corrected chi connectivity index (χ2v) is 7.60. The van der Waals surface area contributed by atoms with Crippen LogP contribution >= 0.6 is 15.9 Å². The molecule has 1 N–H and O–H groups in total. The zero-order chi connectivity index (χ0) is 19.3. The average molecular weight is 431 g/mol. The third-order valence-corrected chi connectivity index (χ3v) is 5.26. The van der Waals surface area contributed by atoms with E-state index in [9.17, 15) is 4.79 Å². The number of rotatable bonds is 6. The standard InChI is InChI=1S/C24H19BrN2O/c25-21-10-7-18(8-11-21)24(28)15-23(20-6-3-13-26-16-20)27-22-12-9-17-4-1-2-5-19(17)14-22/h1-14,16,23,27H,15H2/t23-/m1/s1. The van der Waals surface area contributed by atoms with Gasteiger partial charge in [0.05, 0.1) is 6.04 Å². The molecule has 0 aliphatic rings. The van der Waals surface area contributed by atoms with E-state index in [1.807, 2.05) is 54.7 Å². The zero-order valence-corrected chi connectivity index (χ0v) is 16.8. The fourth-order valence-electron chi connectivity index (χ4n) is 3.25. The third kappa shape index (κ3) is 4.29. The summed E-state index contributed by atoms with van der Waals surface area (Å²) in [5, 5.41) is 5.88. The molecule has 4 aromatic rings. The van der Waals surface area contributed by atoms with E-state index in [-0.39, 0.29) is 11.8 Å². The monoisotopic (exact) mass is 430 g/mol. The maximum Gasteiger partial charge on any atom is 0.165 e. The minimum absolute atomic E-state index is 0.0923. The Balaban J connectivity index is 1.61. The van der Waals surface area contributed by atoms with Crippen LogP contribution in [0.2, 0.25) is 0 Å². The van der Waals surface area contributed by atoms with Gasteiger partial charge >= 0.3 is 0 Å². The molecule has 0 unspecified atom stereocenters. The van der Waals surface area contributed by atoms with Crippen molar-refractivity contribution in [3.63, 3.8) is 0 Å². The predicted molar refractivity (Wildman–Crippen MR) is 118 cm³/mol. The number of ketones is 1. The molecule has 0 saturated heterocycles. The van der Waals surface area contributed by atoms with Gasteiger partial charge in [-0.25, -0.2) is 0 Å². The Labute approximate surface area is 172 Å². The Kier molecular flexibility index (Phi) is 5.49. The summed E-state index contributed by atoms with van der Waals surface area (Å²) in [6.45, 7) is 0. The number of pyridine rings is 1. The maximum atomic E-state index is 12.9. The molecule has 1 heterocycles. The van der Waals surface area contributed by atoms with E-state index in [1.54, 1.807) is 6.20 Å². The molecular formula is C24H19BrN2O. The molecule has 3 nitrogen and oxygen atoms in total. The second kappa shape index (κ2) is 8.36. The summed E-state index contributed by atoms with van der Waals surface area (Å²) in [7, 11) is 0. The number of Topliss-reactive ketones (excluding diaryl/α,β-unsaturated/α-hetero) is 1. The maximum absolute atomic E-state index is 12.9. The number of aromatic nitrogens is 1. The zero-order valence-electron chi connectivity index (χ0n) is 15.2. The van der Waals surface area contributed by atoms with Crippen molar-refractivity contribution in [1.82, 2.24) is 4.98 Å². The molecule has 0 fully saturated rings. The quantitative estimate of drug-likeness (QED) is 0.358. The van der Waals surface area contributed by atoms with E-state index in [2.05, 4.69) is 56.6 Å². The summed E-state index contributed by atoms with van der Waals surface area (Å²) < 4.78 is 0.960. The van der Waals surface area contributed by atoms with Crippen LogP contribution in [0.5, 0.6) is 0 Å². The van der Waals surface area contributed by atoms with Gasteiger partial charge in [0, 0.05) is 34.5 Å².